The van der Waals surface area contributed by atoms with E-state index in [1.54, 1.807) is 6.08 Å². The Morgan fingerprint density at radius 3 is 2.85 bits per heavy atom. The van der Waals surface area contributed by atoms with Crippen LogP contribution in [0, 0.1) is 5.82 Å². The van der Waals surface area contributed by atoms with Gasteiger partial charge in [0.2, 0.25) is 0 Å². The van der Waals surface area contributed by atoms with Crippen LogP contribution >= 0.6 is 0 Å². The van der Waals surface area contributed by atoms with E-state index in [-0.39, 0.29) is 11.9 Å². The van der Waals surface area contributed by atoms with E-state index in [1.165, 1.54) is 18.2 Å². The van der Waals surface area contributed by atoms with E-state index in [0.29, 0.717) is 17.7 Å². The number of nitrogens with two attached hydrogens (primary N) is 2. The summed E-state index contributed by atoms with van der Waals surface area (Å²) in [5.74, 6) is -0.316. The Labute approximate surface area is 77.0 Å². The molecule has 1 rings (SSSR count). The molecule has 0 saturated heterocycles. The van der Waals surface area contributed by atoms with Gasteiger partial charge in [0.15, 0.2) is 0 Å². The zero-order chi connectivity index (χ0) is 9.84. The number of benzene rings is 1. The largest absolute Gasteiger partial charge is 0.398 e. The lowest BCUT2D eigenvalue weighted by Crippen LogP contribution is -2.11. The number of nitrogen functional groups attached to an aromatic ring is 1. The van der Waals surface area contributed by atoms with Crippen molar-refractivity contribution in [3.8, 4) is 0 Å². The molecule has 0 amide bonds. The molecule has 1 aromatic rings. The van der Waals surface area contributed by atoms with Crippen LogP contribution in [0.1, 0.15) is 18.0 Å². The summed E-state index contributed by atoms with van der Waals surface area (Å²) in [4.78, 5) is 0. The first-order valence-electron chi connectivity index (χ1n) is 4.06. The van der Waals surface area contributed by atoms with Gasteiger partial charge >= 0.3 is 0 Å². The van der Waals surface area contributed by atoms with Crippen molar-refractivity contribution in [1.29, 1.82) is 0 Å². The first-order valence-corrected chi connectivity index (χ1v) is 4.06. The number of hydrogen-bond donors (Lipinski definition) is 2. The molecule has 0 aliphatic carbocycles. The molecule has 1 aromatic carbocycles. The van der Waals surface area contributed by atoms with Gasteiger partial charge in [0.1, 0.15) is 5.82 Å². The van der Waals surface area contributed by atoms with Crippen LogP contribution in [0.4, 0.5) is 10.1 Å². The van der Waals surface area contributed by atoms with Crippen LogP contribution in [0.2, 0.25) is 0 Å². The average molecular weight is 180 g/mol. The van der Waals surface area contributed by atoms with Crippen molar-refractivity contribution < 1.29 is 4.39 Å². The fourth-order valence-corrected chi connectivity index (χ4v) is 1.17. The van der Waals surface area contributed by atoms with Gasteiger partial charge in [-0.25, -0.2) is 4.39 Å². The summed E-state index contributed by atoms with van der Waals surface area (Å²) in [6.07, 6.45) is 2.28. The summed E-state index contributed by atoms with van der Waals surface area (Å²) < 4.78 is 12.8. The SMILES string of the molecule is C=CC[C@@H](N)c1cc(F)ccc1N. The Balaban J connectivity index is 2.97. The molecule has 0 bridgehead atoms. The van der Waals surface area contributed by atoms with Gasteiger partial charge in [-0.05, 0) is 30.2 Å². The maximum Gasteiger partial charge on any atom is 0.123 e. The summed E-state index contributed by atoms with van der Waals surface area (Å²) in [5, 5.41) is 0. The van der Waals surface area contributed by atoms with E-state index in [0.717, 1.165) is 0 Å². The maximum absolute atomic E-state index is 12.8. The predicted octanol–water partition coefficient (Wildman–Crippen LogP) is 1.98. The van der Waals surface area contributed by atoms with E-state index in [4.69, 9.17) is 11.5 Å². The average Bonchev–Trinajstić information content (AvgIpc) is 2.09. The monoisotopic (exact) mass is 180 g/mol. The fourth-order valence-electron chi connectivity index (χ4n) is 1.17. The highest BCUT2D eigenvalue weighted by atomic mass is 19.1. The smallest absolute Gasteiger partial charge is 0.123 e. The molecule has 0 saturated carbocycles. The molecule has 0 aliphatic heterocycles. The third-order valence-corrected chi connectivity index (χ3v) is 1.87. The van der Waals surface area contributed by atoms with Crippen LogP contribution in [-0.4, -0.2) is 0 Å². The van der Waals surface area contributed by atoms with Gasteiger partial charge < -0.3 is 11.5 Å². The second-order valence-corrected chi connectivity index (χ2v) is 2.90. The fraction of sp³-hybridized carbons (Fsp3) is 0.200. The van der Waals surface area contributed by atoms with Crippen molar-refractivity contribution in [1.82, 2.24) is 0 Å². The molecule has 4 N–H and O–H groups in total. The maximum atomic E-state index is 12.8. The lowest BCUT2D eigenvalue weighted by molar-refractivity contribution is 0.620. The standard InChI is InChI=1S/C10H13FN2/c1-2-3-9(12)8-6-7(11)4-5-10(8)13/h2,4-6,9H,1,3,12-13H2/t9-/m1/s1. The molecule has 0 fully saturated rings. The van der Waals surface area contributed by atoms with Gasteiger partial charge in [-0.1, -0.05) is 6.08 Å². The van der Waals surface area contributed by atoms with Gasteiger partial charge in [0, 0.05) is 11.7 Å². The number of halogens is 1. The summed E-state index contributed by atoms with van der Waals surface area (Å²) in [5.41, 5.74) is 12.6. The zero-order valence-corrected chi connectivity index (χ0v) is 7.33. The highest BCUT2D eigenvalue weighted by Crippen LogP contribution is 2.21. The van der Waals surface area contributed by atoms with Crippen LogP contribution in [0.3, 0.4) is 0 Å². The van der Waals surface area contributed by atoms with Crippen LogP contribution in [0.5, 0.6) is 0 Å². The third-order valence-electron chi connectivity index (χ3n) is 1.87. The molecule has 0 heterocycles. The van der Waals surface area contributed by atoms with E-state index in [1.807, 2.05) is 0 Å². The van der Waals surface area contributed by atoms with Crippen molar-refractivity contribution in [3.63, 3.8) is 0 Å². The second-order valence-electron chi connectivity index (χ2n) is 2.90. The highest BCUT2D eigenvalue weighted by molar-refractivity contribution is 5.48. The van der Waals surface area contributed by atoms with Crippen LogP contribution in [0.15, 0.2) is 30.9 Å². The Morgan fingerprint density at radius 1 is 1.54 bits per heavy atom. The van der Waals surface area contributed by atoms with Gasteiger partial charge in [-0.3, -0.25) is 0 Å². The zero-order valence-electron chi connectivity index (χ0n) is 7.33. The minimum Gasteiger partial charge on any atom is -0.398 e. The summed E-state index contributed by atoms with van der Waals surface area (Å²) in [7, 11) is 0. The lowest BCUT2D eigenvalue weighted by Gasteiger charge is -2.12. The van der Waals surface area contributed by atoms with Crippen molar-refractivity contribution >= 4 is 5.69 Å². The Bertz CT molecular complexity index is 310. The molecule has 0 radical (unpaired) electrons. The normalized spacial score (nSPS) is 12.5. The minimum absolute atomic E-state index is 0.270. The van der Waals surface area contributed by atoms with Gasteiger partial charge in [-0.2, -0.15) is 0 Å². The molecule has 2 nitrogen and oxygen atoms in total. The molecular formula is C10H13FN2. The molecule has 70 valence electrons. The number of hydrogen-bond acceptors (Lipinski definition) is 2. The lowest BCUT2D eigenvalue weighted by atomic mass is 10.0. The van der Waals surface area contributed by atoms with Crippen LogP contribution in [-0.2, 0) is 0 Å². The molecule has 1 atom stereocenters. The summed E-state index contributed by atoms with van der Waals surface area (Å²) >= 11 is 0. The Kier molecular flexibility index (Phi) is 3.03. The second kappa shape index (κ2) is 4.05. The first-order chi connectivity index (χ1) is 6.15. The Hall–Kier alpha value is -1.35. The van der Waals surface area contributed by atoms with E-state index < -0.39 is 0 Å². The molecule has 3 heteroatoms. The van der Waals surface area contributed by atoms with Crippen LogP contribution < -0.4 is 11.5 Å². The topological polar surface area (TPSA) is 52.0 Å². The number of rotatable bonds is 3. The predicted molar refractivity (Wildman–Crippen MR) is 52.6 cm³/mol. The van der Waals surface area contributed by atoms with Crippen LogP contribution in [0.25, 0.3) is 0 Å². The summed E-state index contributed by atoms with van der Waals surface area (Å²) in [6.45, 7) is 3.56. The number of anilines is 1. The van der Waals surface area contributed by atoms with E-state index in [9.17, 15) is 4.39 Å². The Morgan fingerprint density at radius 2 is 2.23 bits per heavy atom. The third kappa shape index (κ3) is 2.29. The molecule has 0 unspecified atom stereocenters. The van der Waals surface area contributed by atoms with Crippen molar-refractivity contribution in [2.45, 2.75) is 12.5 Å². The minimum atomic E-state index is -0.316. The quantitative estimate of drug-likeness (QED) is 0.552. The van der Waals surface area contributed by atoms with E-state index in [2.05, 4.69) is 6.58 Å². The highest BCUT2D eigenvalue weighted by Gasteiger charge is 2.08. The van der Waals surface area contributed by atoms with Gasteiger partial charge in [0.25, 0.3) is 0 Å². The van der Waals surface area contributed by atoms with Crippen molar-refractivity contribution in [3.05, 3.63) is 42.2 Å². The van der Waals surface area contributed by atoms with E-state index >= 15 is 0 Å². The summed E-state index contributed by atoms with van der Waals surface area (Å²) in [6, 6.07) is 3.93. The molecule has 0 aromatic heterocycles. The molecule has 13 heavy (non-hydrogen) atoms. The molecular weight excluding hydrogens is 167 g/mol. The van der Waals surface area contributed by atoms with Crippen molar-refractivity contribution in [2.75, 3.05) is 5.73 Å². The molecule has 0 aliphatic rings. The van der Waals surface area contributed by atoms with Gasteiger partial charge in [-0.15, -0.1) is 6.58 Å². The first kappa shape index (κ1) is 9.74. The molecule has 0 spiro atoms. The van der Waals surface area contributed by atoms with Gasteiger partial charge in [0.05, 0.1) is 0 Å². The van der Waals surface area contributed by atoms with Crippen molar-refractivity contribution in [2.24, 2.45) is 5.73 Å².